The summed E-state index contributed by atoms with van der Waals surface area (Å²) in [6, 6.07) is 17.8. The van der Waals surface area contributed by atoms with E-state index in [-0.39, 0.29) is 34.9 Å². The van der Waals surface area contributed by atoms with Gasteiger partial charge in [0.2, 0.25) is 0 Å². The molecule has 0 radical (unpaired) electrons. The Morgan fingerprint density at radius 2 is 1.77 bits per heavy atom. The minimum absolute atomic E-state index is 0.00887. The molecular formula is C29H28N10O4. The van der Waals surface area contributed by atoms with Gasteiger partial charge in [0.05, 0.1) is 34.4 Å². The summed E-state index contributed by atoms with van der Waals surface area (Å²) in [4.78, 5) is 54.4. The van der Waals surface area contributed by atoms with Crippen LogP contribution in [0.25, 0.3) is 16.6 Å². The lowest BCUT2D eigenvalue weighted by Gasteiger charge is -2.16. The van der Waals surface area contributed by atoms with Crippen molar-refractivity contribution in [2.45, 2.75) is 19.4 Å². The van der Waals surface area contributed by atoms with Crippen molar-refractivity contribution in [1.29, 1.82) is 0 Å². The van der Waals surface area contributed by atoms with Gasteiger partial charge in [-0.15, -0.1) is 0 Å². The average molecular weight is 581 g/mol. The highest BCUT2D eigenvalue weighted by Gasteiger charge is 2.17. The van der Waals surface area contributed by atoms with Crippen molar-refractivity contribution in [3.05, 3.63) is 106 Å². The number of hydrogen-bond acceptors (Lipinski definition) is 11. The molecule has 2 amide bonds. The minimum atomic E-state index is -0.735. The standard InChI is InChI=1S/C29H28N10O4/c30-25-24(26(31)40)27(36-16-35-25)32-13-5-10-22-37-21-9-4-8-20(23(21)29(42)39(22)19-6-2-1-3-7-19)34-15-18-12-11-17(14-33-18)28(41)38-43/h1-4,6-9,11-12,14,16,34,43H,5,10,13,15H2,(H2,31,40)(H,38,41)(H3,30,32,35,36). The van der Waals surface area contributed by atoms with Gasteiger partial charge in [0.1, 0.15) is 29.4 Å². The van der Waals surface area contributed by atoms with Gasteiger partial charge in [0, 0.05) is 24.8 Å². The van der Waals surface area contributed by atoms with E-state index in [1.807, 2.05) is 36.4 Å². The molecule has 8 N–H and O–H groups in total. The number of fused-ring (bicyclic) bond motifs is 1. The number of rotatable bonds is 11. The van der Waals surface area contributed by atoms with E-state index in [4.69, 9.17) is 21.7 Å². The van der Waals surface area contributed by atoms with Gasteiger partial charge in [-0.25, -0.2) is 20.4 Å². The van der Waals surface area contributed by atoms with Crippen molar-refractivity contribution in [2.75, 3.05) is 22.9 Å². The molecule has 0 saturated heterocycles. The molecule has 0 atom stereocenters. The van der Waals surface area contributed by atoms with E-state index in [2.05, 4.69) is 25.6 Å². The fraction of sp³-hybridized carbons (Fsp3) is 0.138. The number of nitrogens with one attached hydrogen (secondary N) is 3. The van der Waals surface area contributed by atoms with Crippen LogP contribution in [0.15, 0.2) is 78.0 Å². The number of aromatic nitrogens is 5. The summed E-state index contributed by atoms with van der Waals surface area (Å²) < 4.78 is 1.59. The van der Waals surface area contributed by atoms with Crippen LogP contribution in [0.4, 0.5) is 17.3 Å². The Kier molecular flexibility index (Phi) is 8.48. The van der Waals surface area contributed by atoms with Gasteiger partial charge >= 0.3 is 0 Å². The fourth-order valence-electron chi connectivity index (χ4n) is 4.58. The zero-order chi connectivity index (χ0) is 30.3. The van der Waals surface area contributed by atoms with E-state index in [1.54, 1.807) is 28.2 Å². The van der Waals surface area contributed by atoms with Crippen molar-refractivity contribution >= 4 is 40.0 Å². The second kappa shape index (κ2) is 12.7. The molecule has 5 aromatic rings. The second-order valence-electron chi connectivity index (χ2n) is 9.41. The molecule has 0 fully saturated rings. The molecule has 3 aromatic heterocycles. The van der Waals surface area contributed by atoms with Crippen molar-refractivity contribution in [3.8, 4) is 5.69 Å². The summed E-state index contributed by atoms with van der Waals surface area (Å²) in [7, 11) is 0. The Balaban J connectivity index is 1.42. The molecule has 0 bridgehead atoms. The summed E-state index contributed by atoms with van der Waals surface area (Å²) in [5.41, 5.74) is 15.2. The number of carbonyl (C=O) groups excluding carboxylic acids is 2. The summed E-state index contributed by atoms with van der Waals surface area (Å²) in [6.07, 6.45) is 3.56. The maximum Gasteiger partial charge on any atom is 0.276 e. The van der Waals surface area contributed by atoms with Crippen molar-refractivity contribution < 1.29 is 14.8 Å². The number of nitrogens with zero attached hydrogens (tertiary/aromatic N) is 5. The molecule has 0 aliphatic carbocycles. The van der Waals surface area contributed by atoms with Crippen LogP contribution in [0, 0.1) is 0 Å². The largest absolute Gasteiger partial charge is 0.383 e. The molecule has 0 aliphatic heterocycles. The van der Waals surface area contributed by atoms with Crippen LogP contribution in [-0.4, -0.2) is 48.1 Å². The predicted molar refractivity (Wildman–Crippen MR) is 160 cm³/mol. The number of anilines is 3. The van der Waals surface area contributed by atoms with E-state index >= 15 is 0 Å². The third kappa shape index (κ3) is 6.23. The number of amides is 2. The van der Waals surface area contributed by atoms with Gasteiger partial charge < -0.3 is 22.1 Å². The fourth-order valence-corrected chi connectivity index (χ4v) is 4.58. The summed E-state index contributed by atoms with van der Waals surface area (Å²) in [5.74, 6) is -0.608. The van der Waals surface area contributed by atoms with Gasteiger partial charge in [-0.2, -0.15) is 0 Å². The molecule has 43 heavy (non-hydrogen) atoms. The maximum absolute atomic E-state index is 14.0. The Hall–Kier alpha value is -5.89. The number of nitrogen functional groups attached to an aromatic ring is 1. The first-order valence-corrected chi connectivity index (χ1v) is 13.2. The van der Waals surface area contributed by atoms with Crippen molar-refractivity contribution in [1.82, 2.24) is 30.0 Å². The minimum Gasteiger partial charge on any atom is -0.383 e. The zero-order valence-electron chi connectivity index (χ0n) is 22.8. The van der Waals surface area contributed by atoms with Crippen LogP contribution in [0.2, 0.25) is 0 Å². The lowest BCUT2D eigenvalue weighted by molar-refractivity contribution is 0.0706. The van der Waals surface area contributed by atoms with Gasteiger partial charge in [-0.3, -0.25) is 29.1 Å². The molecule has 0 saturated carbocycles. The number of aryl methyl sites for hydroxylation is 1. The van der Waals surface area contributed by atoms with Gasteiger partial charge in [-0.1, -0.05) is 24.3 Å². The Morgan fingerprint density at radius 3 is 2.49 bits per heavy atom. The molecule has 0 spiro atoms. The smallest absolute Gasteiger partial charge is 0.276 e. The van der Waals surface area contributed by atoms with Gasteiger partial charge in [0.25, 0.3) is 17.4 Å². The van der Waals surface area contributed by atoms with E-state index < -0.39 is 11.8 Å². The quantitative estimate of drug-likeness (QED) is 0.0754. The molecule has 0 aliphatic rings. The Labute approximate surface area is 244 Å². The van der Waals surface area contributed by atoms with Crippen LogP contribution in [-0.2, 0) is 13.0 Å². The maximum atomic E-state index is 14.0. The van der Waals surface area contributed by atoms with Crippen LogP contribution in [0.1, 0.15) is 38.7 Å². The first-order chi connectivity index (χ1) is 20.9. The topological polar surface area (TPSA) is 216 Å². The third-order valence-electron chi connectivity index (χ3n) is 6.62. The summed E-state index contributed by atoms with van der Waals surface area (Å²) in [6.45, 7) is 0.673. The SMILES string of the molecule is NC(=O)c1c(N)ncnc1NCCCc1nc2cccc(NCc3ccc(C(=O)NO)cn3)c2c(=O)n1-c1ccccc1. The highest BCUT2D eigenvalue weighted by atomic mass is 16.5. The molecule has 218 valence electrons. The first kappa shape index (κ1) is 28.6. The van der Waals surface area contributed by atoms with E-state index in [1.165, 1.54) is 18.6 Å². The molecule has 14 nitrogen and oxygen atoms in total. The summed E-state index contributed by atoms with van der Waals surface area (Å²) in [5, 5.41) is 15.5. The van der Waals surface area contributed by atoms with Gasteiger partial charge in [-0.05, 0) is 42.8 Å². The third-order valence-corrected chi connectivity index (χ3v) is 6.62. The molecule has 3 heterocycles. The number of pyridine rings is 1. The zero-order valence-corrected chi connectivity index (χ0v) is 22.8. The van der Waals surface area contributed by atoms with Crippen LogP contribution >= 0.6 is 0 Å². The monoisotopic (exact) mass is 580 g/mol. The average Bonchev–Trinajstić information content (AvgIpc) is 3.02. The van der Waals surface area contributed by atoms with Crippen LogP contribution in [0.5, 0.6) is 0 Å². The van der Waals surface area contributed by atoms with Crippen molar-refractivity contribution in [2.24, 2.45) is 5.73 Å². The molecule has 2 aromatic carbocycles. The highest BCUT2D eigenvalue weighted by molar-refractivity contribution is 6.01. The van der Waals surface area contributed by atoms with Crippen LogP contribution in [0.3, 0.4) is 0 Å². The lowest BCUT2D eigenvalue weighted by atomic mass is 10.1. The van der Waals surface area contributed by atoms with E-state index in [0.29, 0.717) is 53.2 Å². The number of hydroxylamine groups is 1. The number of benzene rings is 2. The second-order valence-corrected chi connectivity index (χ2v) is 9.41. The number of hydrogen-bond donors (Lipinski definition) is 6. The Bertz CT molecular complexity index is 1840. The Morgan fingerprint density at radius 1 is 0.953 bits per heavy atom. The number of nitrogens with two attached hydrogens (primary N) is 2. The number of carbonyl (C=O) groups is 2. The molecular weight excluding hydrogens is 552 g/mol. The number of para-hydroxylation sites is 1. The highest BCUT2D eigenvalue weighted by Crippen LogP contribution is 2.22. The lowest BCUT2D eigenvalue weighted by Crippen LogP contribution is -2.25. The number of primary amides is 1. The molecule has 14 heteroatoms. The van der Waals surface area contributed by atoms with E-state index in [9.17, 15) is 14.4 Å². The predicted octanol–water partition coefficient (Wildman–Crippen LogP) is 2.03. The van der Waals surface area contributed by atoms with Crippen LogP contribution < -0.4 is 33.1 Å². The molecule has 0 unspecified atom stereocenters. The van der Waals surface area contributed by atoms with Crippen molar-refractivity contribution in [3.63, 3.8) is 0 Å². The molecule has 5 rings (SSSR count). The van der Waals surface area contributed by atoms with Gasteiger partial charge in [0.15, 0.2) is 0 Å². The first-order valence-electron chi connectivity index (χ1n) is 13.2. The normalized spacial score (nSPS) is 10.8. The summed E-state index contributed by atoms with van der Waals surface area (Å²) >= 11 is 0. The van der Waals surface area contributed by atoms with E-state index in [0.717, 1.165) is 0 Å².